The van der Waals surface area contributed by atoms with E-state index < -0.39 is 0 Å². The van der Waals surface area contributed by atoms with Gasteiger partial charge in [0.15, 0.2) is 0 Å². The van der Waals surface area contributed by atoms with Crippen LogP contribution in [0.4, 0.5) is 0 Å². The lowest BCUT2D eigenvalue weighted by molar-refractivity contribution is 0.179. The van der Waals surface area contributed by atoms with Gasteiger partial charge in [-0.2, -0.15) is 0 Å². The Morgan fingerprint density at radius 3 is 2.74 bits per heavy atom. The van der Waals surface area contributed by atoms with Gasteiger partial charge in [-0.05, 0) is 18.4 Å². The summed E-state index contributed by atoms with van der Waals surface area (Å²) in [6.45, 7) is 4.63. The highest BCUT2D eigenvalue weighted by atomic mass is 32.2. The van der Waals surface area contributed by atoms with Gasteiger partial charge in [0, 0.05) is 56.7 Å². The molecule has 0 radical (unpaired) electrons. The van der Waals surface area contributed by atoms with Gasteiger partial charge in [-0.3, -0.25) is 14.7 Å². The minimum absolute atomic E-state index is 0.0589. The van der Waals surface area contributed by atoms with Crippen LogP contribution in [0, 0.1) is 0 Å². The smallest absolute Gasteiger partial charge is 0.261 e. The SMILES string of the molecule is CSN1CCN(Cc2cc3c(=O)n(C)cc(-c4ccncc4O)c3o2)CC1. The molecule has 4 heterocycles. The predicted octanol–water partition coefficient (Wildman–Crippen LogP) is 2.29. The van der Waals surface area contributed by atoms with Crippen molar-refractivity contribution in [3.8, 4) is 16.9 Å². The molecule has 8 heteroatoms. The monoisotopic (exact) mass is 386 g/mol. The van der Waals surface area contributed by atoms with Crippen molar-refractivity contribution in [2.75, 3.05) is 32.4 Å². The highest BCUT2D eigenvalue weighted by Gasteiger charge is 2.20. The molecule has 0 amide bonds. The van der Waals surface area contributed by atoms with Crippen LogP contribution in [0.2, 0.25) is 0 Å². The Balaban J connectivity index is 1.71. The second kappa shape index (κ2) is 7.38. The Morgan fingerprint density at radius 2 is 2.04 bits per heavy atom. The Morgan fingerprint density at radius 1 is 1.26 bits per heavy atom. The van der Waals surface area contributed by atoms with Crippen molar-refractivity contribution in [3.05, 3.63) is 46.8 Å². The van der Waals surface area contributed by atoms with E-state index in [9.17, 15) is 9.90 Å². The zero-order valence-corrected chi connectivity index (χ0v) is 16.2. The van der Waals surface area contributed by atoms with E-state index in [1.54, 1.807) is 37.5 Å². The summed E-state index contributed by atoms with van der Waals surface area (Å²) in [5, 5.41) is 10.7. The molecule has 1 N–H and O–H groups in total. The molecule has 1 saturated heterocycles. The maximum absolute atomic E-state index is 12.6. The van der Waals surface area contributed by atoms with E-state index in [1.165, 1.54) is 10.8 Å². The van der Waals surface area contributed by atoms with Crippen molar-refractivity contribution in [1.82, 2.24) is 18.8 Å². The molecule has 1 aliphatic heterocycles. The minimum Gasteiger partial charge on any atom is -0.506 e. The summed E-state index contributed by atoms with van der Waals surface area (Å²) in [6, 6.07) is 3.55. The van der Waals surface area contributed by atoms with Crippen LogP contribution in [0.15, 0.2) is 39.9 Å². The molecule has 1 aliphatic rings. The highest BCUT2D eigenvalue weighted by molar-refractivity contribution is 7.96. The number of pyridine rings is 2. The number of hydrogen-bond acceptors (Lipinski definition) is 7. The molecule has 3 aromatic heterocycles. The van der Waals surface area contributed by atoms with Crippen molar-refractivity contribution in [1.29, 1.82) is 0 Å². The first kappa shape index (κ1) is 18.1. The molecule has 27 heavy (non-hydrogen) atoms. The van der Waals surface area contributed by atoms with Crippen molar-refractivity contribution < 1.29 is 9.52 Å². The average Bonchev–Trinajstić information content (AvgIpc) is 3.10. The predicted molar refractivity (Wildman–Crippen MR) is 107 cm³/mol. The maximum Gasteiger partial charge on any atom is 0.261 e. The maximum atomic E-state index is 12.6. The van der Waals surface area contributed by atoms with Gasteiger partial charge in [0.25, 0.3) is 5.56 Å². The average molecular weight is 386 g/mol. The van der Waals surface area contributed by atoms with E-state index >= 15 is 0 Å². The normalized spacial score (nSPS) is 16.2. The molecular weight excluding hydrogens is 364 g/mol. The van der Waals surface area contributed by atoms with E-state index in [2.05, 4.69) is 20.4 Å². The zero-order valence-electron chi connectivity index (χ0n) is 15.4. The van der Waals surface area contributed by atoms with Crippen molar-refractivity contribution in [2.45, 2.75) is 6.54 Å². The van der Waals surface area contributed by atoms with E-state index in [-0.39, 0.29) is 11.3 Å². The quantitative estimate of drug-likeness (QED) is 0.690. The summed E-state index contributed by atoms with van der Waals surface area (Å²) in [4.78, 5) is 18.8. The van der Waals surface area contributed by atoms with Crippen molar-refractivity contribution in [2.24, 2.45) is 7.05 Å². The Bertz CT molecular complexity index is 1020. The molecule has 0 spiro atoms. The molecule has 7 nitrogen and oxygen atoms in total. The highest BCUT2D eigenvalue weighted by Crippen LogP contribution is 2.34. The lowest BCUT2D eigenvalue weighted by Gasteiger charge is -2.32. The Hall–Kier alpha value is -2.29. The number of furan rings is 1. The standard InChI is InChI=1S/C19H22N4O3S/c1-21-12-16(14-3-4-20-10-17(14)24)18-15(19(21)25)9-13(26-18)11-22-5-7-23(27-2)8-6-22/h3-4,9-10,12,24H,5-8,11H2,1-2H3. The van der Waals surface area contributed by atoms with Gasteiger partial charge in [0.1, 0.15) is 17.1 Å². The van der Waals surface area contributed by atoms with Crippen LogP contribution in [-0.4, -0.2) is 56.3 Å². The molecule has 3 aromatic rings. The number of aromatic hydroxyl groups is 1. The fourth-order valence-electron chi connectivity index (χ4n) is 3.48. The van der Waals surface area contributed by atoms with Gasteiger partial charge in [-0.1, -0.05) is 11.9 Å². The molecular formula is C19H22N4O3S. The first-order valence-corrected chi connectivity index (χ1v) is 10.0. The van der Waals surface area contributed by atoms with Gasteiger partial charge in [-0.15, -0.1) is 0 Å². The number of nitrogens with zero attached hydrogens (tertiary/aromatic N) is 4. The fourth-order valence-corrected chi connectivity index (χ4v) is 4.00. The van der Waals surface area contributed by atoms with Gasteiger partial charge in [-0.25, -0.2) is 4.31 Å². The summed E-state index contributed by atoms with van der Waals surface area (Å²) >= 11 is 1.77. The Kier molecular flexibility index (Phi) is 4.94. The number of rotatable bonds is 4. The molecule has 0 aliphatic carbocycles. The third-order valence-electron chi connectivity index (χ3n) is 4.96. The summed E-state index contributed by atoms with van der Waals surface area (Å²) in [7, 11) is 1.71. The van der Waals surface area contributed by atoms with Crippen LogP contribution < -0.4 is 5.56 Å². The third kappa shape index (κ3) is 3.47. The van der Waals surface area contributed by atoms with Crippen LogP contribution in [0.1, 0.15) is 5.76 Å². The van der Waals surface area contributed by atoms with E-state index in [0.29, 0.717) is 28.6 Å². The number of piperazine rings is 1. The van der Waals surface area contributed by atoms with Crippen molar-refractivity contribution in [3.63, 3.8) is 0 Å². The second-order valence-electron chi connectivity index (χ2n) is 6.69. The molecule has 0 bridgehead atoms. The van der Waals surface area contributed by atoms with Gasteiger partial charge in [0.2, 0.25) is 0 Å². The first-order valence-electron chi connectivity index (χ1n) is 8.83. The molecule has 0 aromatic carbocycles. The summed E-state index contributed by atoms with van der Waals surface area (Å²) in [6.07, 6.45) is 6.80. The van der Waals surface area contributed by atoms with Crippen LogP contribution in [0.25, 0.3) is 22.1 Å². The molecule has 4 rings (SSSR count). The van der Waals surface area contributed by atoms with E-state index in [1.807, 2.05) is 6.07 Å². The van der Waals surface area contributed by atoms with Crippen molar-refractivity contribution >= 4 is 22.9 Å². The minimum atomic E-state index is -0.107. The molecule has 0 unspecified atom stereocenters. The summed E-state index contributed by atoms with van der Waals surface area (Å²) < 4.78 is 9.96. The molecule has 1 fully saturated rings. The Labute approximate surface area is 161 Å². The third-order valence-corrected chi connectivity index (χ3v) is 5.84. The number of fused-ring (bicyclic) bond motifs is 1. The summed E-state index contributed by atoms with van der Waals surface area (Å²) in [5.74, 6) is 0.823. The van der Waals surface area contributed by atoms with Gasteiger partial charge >= 0.3 is 0 Å². The van der Waals surface area contributed by atoms with Crippen LogP contribution in [0.3, 0.4) is 0 Å². The van der Waals surface area contributed by atoms with E-state index in [4.69, 9.17) is 4.42 Å². The van der Waals surface area contributed by atoms with Crippen LogP contribution >= 0.6 is 11.9 Å². The van der Waals surface area contributed by atoms with Crippen LogP contribution in [0.5, 0.6) is 5.75 Å². The lowest BCUT2D eigenvalue weighted by Crippen LogP contribution is -2.42. The summed E-state index contributed by atoms with van der Waals surface area (Å²) in [5.41, 5.74) is 1.69. The fraction of sp³-hybridized carbons (Fsp3) is 0.368. The molecule has 0 atom stereocenters. The topological polar surface area (TPSA) is 74.7 Å². The number of aromatic nitrogens is 2. The van der Waals surface area contributed by atoms with Gasteiger partial charge < -0.3 is 14.1 Å². The number of aryl methyl sites for hydroxylation is 1. The zero-order chi connectivity index (χ0) is 19.0. The molecule has 0 saturated carbocycles. The first-order chi connectivity index (χ1) is 13.1. The van der Waals surface area contributed by atoms with Crippen LogP contribution in [-0.2, 0) is 13.6 Å². The molecule has 142 valence electrons. The lowest BCUT2D eigenvalue weighted by atomic mass is 10.1. The largest absolute Gasteiger partial charge is 0.506 e. The number of hydrogen-bond donors (Lipinski definition) is 1. The second-order valence-corrected chi connectivity index (χ2v) is 7.58. The van der Waals surface area contributed by atoms with Gasteiger partial charge in [0.05, 0.1) is 18.1 Å². The van der Waals surface area contributed by atoms with E-state index in [0.717, 1.165) is 31.9 Å².